The molecular weight excluding hydrogens is 246 g/mol. The number of carbonyl (C=O) groups excluding carboxylic acids is 1. The van der Waals surface area contributed by atoms with E-state index in [1.165, 1.54) is 11.3 Å². The summed E-state index contributed by atoms with van der Waals surface area (Å²) in [5.41, 5.74) is 2.45. The van der Waals surface area contributed by atoms with Crippen molar-refractivity contribution in [2.45, 2.75) is 6.54 Å². The van der Waals surface area contributed by atoms with Crippen molar-refractivity contribution in [2.24, 2.45) is 0 Å². The second-order valence-corrected chi connectivity index (χ2v) is 4.82. The molecule has 3 rings (SSSR count). The van der Waals surface area contributed by atoms with Crippen molar-refractivity contribution in [2.75, 3.05) is 0 Å². The van der Waals surface area contributed by atoms with Gasteiger partial charge in [-0.2, -0.15) is 5.10 Å². The molecule has 0 aliphatic rings. The van der Waals surface area contributed by atoms with Crippen molar-refractivity contribution < 1.29 is 4.79 Å². The largest absolute Gasteiger partial charge is 0.347 e. The van der Waals surface area contributed by atoms with Crippen molar-refractivity contribution >= 4 is 27.5 Å². The van der Waals surface area contributed by atoms with Gasteiger partial charge in [0, 0.05) is 6.54 Å². The smallest absolute Gasteiger partial charge is 0.273 e. The van der Waals surface area contributed by atoms with Crippen LogP contribution in [0.15, 0.2) is 41.8 Å². The van der Waals surface area contributed by atoms with E-state index in [0.29, 0.717) is 12.2 Å². The highest BCUT2D eigenvalue weighted by atomic mass is 32.1. The van der Waals surface area contributed by atoms with Gasteiger partial charge in [0.05, 0.1) is 10.2 Å². The van der Waals surface area contributed by atoms with Crippen LogP contribution in [0.5, 0.6) is 0 Å². The Hall–Kier alpha value is -2.14. The number of thiophene rings is 1. The summed E-state index contributed by atoms with van der Waals surface area (Å²) in [6.45, 7) is 0.513. The lowest BCUT2D eigenvalue weighted by Gasteiger charge is -2.02. The molecule has 0 aliphatic heterocycles. The van der Waals surface area contributed by atoms with Gasteiger partial charge in [0.2, 0.25) is 0 Å². The fraction of sp³-hybridized carbons (Fsp3) is 0.0769. The van der Waals surface area contributed by atoms with Crippen molar-refractivity contribution in [1.29, 1.82) is 0 Å². The summed E-state index contributed by atoms with van der Waals surface area (Å²) in [5.74, 6) is -0.146. The van der Waals surface area contributed by atoms with Crippen LogP contribution < -0.4 is 5.32 Å². The Balaban J connectivity index is 1.74. The lowest BCUT2D eigenvalue weighted by molar-refractivity contribution is 0.0947. The first-order valence-corrected chi connectivity index (χ1v) is 6.46. The van der Waals surface area contributed by atoms with Crippen LogP contribution in [0.25, 0.3) is 10.2 Å². The summed E-state index contributed by atoms with van der Waals surface area (Å²) >= 11 is 1.52. The zero-order chi connectivity index (χ0) is 12.4. The third-order valence-corrected chi connectivity index (χ3v) is 3.60. The van der Waals surface area contributed by atoms with Crippen LogP contribution >= 0.6 is 11.3 Å². The van der Waals surface area contributed by atoms with Crippen molar-refractivity contribution in [3.8, 4) is 0 Å². The first kappa shape index (κ1) is 11.0. The number of aromatic nitrogens is 2. The molecule has 1 aromatic carbocycles. The molecule has 0 unspecified atom stereocenters. The molecule has 1 amide bonds. The summed E-state index contributed by atoms with van der Waals surface area (Å²) < 4.78 is 0.903. The molecule has 0 radical (unpaired) electrons. The van der Waals surface area contributed by atoms with E-state index in [9.17, 15) is 4.79 Å². The fourth-order valence-corrected chi connectivity index (χ4v) is 2.59. The molecule has 0 saturated heterocycles. The highest BCUT2D eigenvalue weighted by molar-refractivity contribution is 7.17. The van der Waals surface area contributed by atoms with Crippen LogP contribution in [0.4, 0.5) is 0 Å². The van der Waals surface area contributed by atoms with E-state index < -0.39 is 0 Å². The first-order chi connectivity index (χ1) is 8.84. The number of benzene rings is 1. The summed E-state index contributed by atoms with van der Waals surface area (Å²) in [7, 11) is 0. The molecule has 4 nitrogen and oxygen atoms in total. The molecule has 90 valence electrons. The molecule has 3 aromatic rings. The minimum Gasteiger partial charge on any atom is -0.347 e. The lowest BCUT2D eigenvalue weighted by Crippen LogP contribution is -2.23. The van der Waals surface area contributed by atoms with E-state index in [1.807, 2.05) is 41.8 Å². The summed E-state index contributed by atoms with van der Waals surface area (Å²) in [4.78, 5) is 12.0. The molecule has 0 fully saturated rings. The van der Waals surface area contributed by atoms with Crippen molar-refractivity contribution in [3.05, 3.63) is 53.0 Å². The number of carbonyl (C=O) groups is 1. The Labute approximate surface area is 108 Å². The maximum absolute atomic E-state index is 12.0. The molecule has 18 heavy (non-hydrogen) atoms. The zero-order valence-corrected chi connectivity index (χ0v) is 10.3. The number of nitrogens with one attached hydrogen (secondary N) is 2. The number of fused-ring (bicyclic) bond motifs is 1. The highest BCUT2D eigenvalue weighted by Gasteiger charge is 2.14. The van der Waals surface area contributed by atoms with E-state index >= 15 is 0 Å². The number of hydrogen-bond donors (Lipinski definition) is 2. The van der Waals surface area contributed by atoms with Crippen LogP contribution in [0.2, 0.25) is 0 Å². The van der Waals surface area contributed by atoms with Gasteiger partial charge in [0.1, 0.15) is 0 Å². The SMILES string of the molecule is O=C(NCc1ccccc1)c1n[nH]c2ccsc12. The second-order valence-electron chi connectivity index (χ2n) is 3.90. The van der Waals surface area contributed by atoms with E-state index in [2.05, 4.69) is 15.5 Å². The second kappa shape index (κ2) is 4.62. The number of rotatable bonds is 3. The minimum atomic E-state index is -0.146. The van der Waals surface area contributed by atoms with E-state index in [4.69, 9.17) is 0 Å². The van der Waals surface area contributed by atoms with Gasteiger partial charge >= 0.3 is 0 Å². The Morgan fingerprint density at radius 3 is 2.94 bits per heavy atom. The molecule has 0 atom stereocenters. The standard InChI is InChI=1S/C13H11N3OS/c17-13(14-8-9-4-2-1-3-5-9)11-12-10(15-16-11)6-7-18-12/h1-7H,8H2,(H,14,17)(H,15,16). The van der Waals surface area contributed by atoms with E-state index in [-0.39, 0.29) is 5.91 Å². The molecule has 0 saturated carbocycles. The first-order valence-electron chi connectivity index (χ1n) is 5.58. The fourth-order valence-electron chi connectivity index (χ4n) is 1.76. The number of hydrogen-bond acceptors (Lipinski definition) is 3. The van der Waals surface area contributed by atoms with Crippen LogP contribution in [0.3, 0.4) is 0 Å². The number of aromatic amines is 1. The lowest BCUT2D eigenvalue weighted by atomic mass is 10.2. The van der Waals surface area contributed by atoms with Crippen LogP contribution in [0.1, 0.15) is 16.1 Å². The molecule has 0 aliphatic carbocycles. The maximum atomic E-state index is 12.0. The molecule has 5 heteroatoms. The van der Waals surface area contributed by atoms with Gasteiger partial charge in [-0.3, -0.25) is 9.89 Å². The summed E-state index contributed by atoms with van der Waals surface area (Å²) in [6.07, 6.45) is 0. The topological polar surface area (TPSA) is 57.8 Å². The average molecular weight is 257 g/mol. The van der Waals surface area contributed by atoms with Crippen molar-refractivity contribution in [1.82, 2.24) is 15.5 Å². The Kier molecular flexibility index (Phi) is 2.82. The number of amides is 1. The van der Waals surface area contributed by atoms with Gasteiger partial charge in [0.15, 0.2) is 5.69 Å². The normalized spacial score (nSPS) is 10.7. The summed E-state index contributed by atoms with van der Waals surface area (Å²) in [5, 5.41) is 11.7. The van der Waals surface area contributed by atoms with Gasteiger partial charge in [-0.15, -0.1) is 11.3 Å². The van der Waals surface area contributed by atoms with Gasteiger partial charge in [-0.25, -0.2) is 0 Å². The van der Waals surface area contributed by atoms with Crippen molar-refractivity contribution in [3.63, 3.8) is 0 Å². The van der Waals surface area contributed by atoms with Crippen LogP contribution in [-0.4, -0.2) is 16.1 Å². The Morgan fingerprint density at radius 1 is 1.28 bits per heavy atom. The van der Waals surface area contributed by atoms with Gasteiger partial charge in [0.25, 0.3) is 5.91 Å². The molecule has 0 spiro atoms. The highest BCUT2D eigenvalue weighted by Crippen LogP contribution is 2.21. The van der Waals surface area contributed by atoms with E-state index in [1.54, 1.807) is 0 Å². The monoisotopic (exact) mass is 257 g/mol. The third-order valence-electron chi connectivity index (χ3n) is 2.68. The molecule has 2 heterocycles. The van der Waals surface area contributed by atoms with Gasteiger partial charge in [-0.1, -0.05) is 30.3 Å². The van der Waals surface area contributed by atoms with Gasteiger partial charge in [-0.05, 0) is 17.0 Å². The van der Waals surface area contributed by atoms with Gasteiger partial charge < -0.3 is 5.32 Å². The quantitative estimate of drug-likeness (QED) is 0.757. The number of H-pyrrole nitrogens is 1. The predicted octanol–water partition coefficient (Wildman–Crippen LogP) is 2.55. The summed E-state index contributed by atoms with van der Waals surface area (Å²) in [6, 6.07) is 11.7. The zero-order valence-electron chi connectivity index (χ0n) is 9.51. The van der Waals surface area contributed by atoms with E-state index in [0.717, 1.165) is 15.8 Å². The van der Waals surface area contributed by atoms with Crippen LogP contribution in [-0.2, 0) is 6.54 Å². The van der Waals surface area contributed by atoms with Crippen LogP contribution in [0, 0.1) is 0 Å². The number of nitrogens with zero attached hydrogens (tertiary/aromatic N) is 1. The predicted molar refractivity (Wildman–Crippen MR) is 71.6 cm³/mol. The Morgan fingerprint density at radius 2 is 2.11 bits per heavy atom. The third kappa shape index (κ3) is 2.00. The molecular formula is C13H11N3OS. The molecule has 0 bridgehead atoms. The maximum Gasteiger partial charge on any atom is 0.273 e. The Bertz CT molecular complexity index is 672. The molecule has 2 N–H and O–H groups in total. The minimum absolute atomic E-state index is 0.146. The molecule has 2 aromatic heterocycles. The average Bonchev–Trinajstić information content (AvgIpc) is 2.99.